The summed E-state index contributed by atoms with van der Waals surface area (Å²) < 4.78 is 62.8. The van der Waals surface area contributed by atoms with Crippen LogP contribution in [0.4, 0.5) is 5.69 Å². The van der Waals surface area contributed by atoms with Gasteiger partial charge in [0.05, 0.1) is 17.3 Å². The van der Waals surface area contributed by atoms with Gasteiger partial charge in [0.2, 0.25) is 11.8 Å². The number of ether oxygens (including phenoxy) is 1. The van der Waals surface area contributed by atoms with Gasteiger partial charge < -0.3 is 15.0 Å². The Labute approximate surface area is 202 Å². The zero-order chi connectivity index (χ0) is 29.0. The van der Waals surface area contributed by atoms with E-state index in [1.54, 1.807) is 5.32 Å². The molecule has 0 radical (unpaired) electrons. The second-order valence-corrected chi connectivity index (χ2v) is 8.09. The number of benzene rings is 2. The maximum atomic E-state index is 13.4. The lowest BCUT2D eigenvalue weighted by molar-refractivity contribution is -0.136. The van der Waals surface area contributed by atoms with Crippen LogP contribution in [0, 0.1) is 0 Å². The first-order valence-electron chi connectivity index (χ1n) is 14.2. The quantitative estimate of drug-likeness (QED) is 0.647. The van der Waals surface area contributed by atoms with Crippen LogP contribution in [0.5, 0.6) is 0 Å². The van der Waals surface area contributed by atoms with Crippen molar-refractivity contribution in [2.75, 3.05) is 31.6 Å². The third-order valence-corrected chi connectivity index (χ3v) is 5.90. The SMILES string of the molecule is [2H]c1c([2H])c(NCc2ccc(CN3CCOCC3)cc2)c2c(c1[2H])C(=O)N([C@@H]1C(=O)NC(=O)C([2H])([2H])C1([2H])[2H])C2. The fourth-order valence-electron chi connectivity index (χ4n) is 4.12. The molecule has 3 amide bonds. The summed E-state index contributed by atoms with van der Waals surface area (Å²) in [6.45, 7) is 3.75. The molecular formula is C25H28N4O4. The highest BCUT2D eigenvalue weighted by Gasteiger charge is 2.39. The van der Waals surface area contributed by atoms with Gasteiger partial charge >= 0.3 is 0 Å². The summed E-state index contributed by atoms with van der Waals surface area (Å²) >= 11 is 0. The molecule has 0 unspecified atom stereocenters. The van der Waals surface area contributed by atoms with Crippen molar-refractivity contribution in [2.24, 2.45) is 0 Å². The largest absolute Gasteiger partial charge is 0.381 e. The van der Waals surface area contributed by atoms with E-state index in [1.165, 1.54) is 0 Å². The van der Waals surface area contributed by atoms with Gasteiger partial charge in [-0.2, -0.15) is 0 Å². The van der Waals surface area contributed by atoms with Crippen LogP contribution in [0.1, 0.15) is 49.4 Å². The van der Waals surface area contributed by atoms with E-state index in [-0.39, 0.29) is 29.4 Å². The Balaban J connectivity index is 1.39. The number of nitrogens with zero attached hydrogens (tertiary/aromatic N) is 2. The minimum Gasteiger partial charge on any atom is -0.381 e. The number of morpholine rings is 1. The smallest absolute Gasteiger partial charge is 0.255 e. The molecule has 0 spiro atoms. The lowest BCUT2D eigenvalue weighted by Crippen LogP contribution is -2.52. The Morgan fingerprint density at radius 3 is 2.67 bits per heavy atom. The summed E-state index contributed by atoms with van der Waals surface area (Å²) in [4.78, 5) is 41.1. The van der Waals surface area contributed by atoms with Gasteiger partial charge in [0.15, 0.2) is 0 Å². The van der Waals surface area contributed by atoms with E-state index in [9.17, 15) is 14.4 Å². The van der Waals surface area contributed by atoms with Gasteiger partial charge in [-0.25, -0.2) is 0 Å². The predicted molar refractivity (Wildman–Crippen MR) is 122 cm³/mol. The zero-order valence-corrected chi connectivity index (χ0v) is 17.9. The van der Waals surface area contributed by atoms with Crippen molar-refractivity contribution in [1.82, 2.24) is 15.1 Å². The third-order valence-electron chi connectivity index (χ3n) is 5.90. The van der Waals surface area contributed by atoms with Crippen molar-refractivity contribution in [3.05, 3.63) is 64.6 Å². The maximum Gasteiger partial charge on any atom is 0.255 e. The highest BCUT2D eigenvalue weighted by Crippen LogP contribution is 2.32. The number of nitrogens with one attached hydrogen (secondary N) is 2. The first-order chi connectivity index (χ1) is 18.8. The van der Waals surface area contributed by atoms with E-state index in [2.05, 4.69) is 10.2 Å². The third kappa shape index (κ3) is 4.62. The molecule has 2 aromatic carbocycles. The van der Waals surface area contributed by atoms with Crippen molar-refractivity contribution >= 4 is 23.4 Å². The molecule has 3 aliphatic heterocycles. The first kappa shape index (κ1) is 14.8. The van der Waals surface area contributed by atoms with Crippen LogP contribution in [-0.2, 0) is 34.0 Å². The lowest BCUT2D eigenvalue weighted by Gasteiger charge is -2.29. The average Bonchev–Trinajstić information content (AvgIpc) is 3.24. The Morgan fingerprint density at radius 2 is 1.88 bits per heavy atom. The van der Waals surface area contributed by atoms with Crippen molar-refractivity contribution < 1.29 is 28.7 Å². The summed E-state index contributed by atoms with van der Waals surface area (Å²) in [5.74, 6) is -3.57. The second-order valence-electron chi connectivity index (χ2n) is 8.09. The standard InChI is InChI=1S/C25H28N4O4/c30-23-9-8-22(24(31)27-23)29-16-20-19(25(29)32)2-1-3-21(20)26-14-17-4-6-18(7-5-17)15-28-10-12-33-13-11-28/h1-7,22,26H,8-16H2,(H,27,30,31)/t22-/m0/s1/i1D,2D,3D,8D2,9D2. The summed E-state index contributed by atoms with van der Waals surface area (Å²) in [6.07, 6.45) is -6.18. The molecule has 172 valence electrons. The molecule has 0 bridgehead atoms. The maximum absolute atomic E-state index is 13.4. The monoisotopic (exact) mass is 455 g/mol. The van der Waals surface area contributed by atoms with Gasteiger partial charge in [0.1, 0.15) is 6.04 Å². The van der Waals surface area contributed by atoms with Gasteiger partial charge in [-0.15, -0.1) is 0 Å². The molecule has 2 aromatic rings. The van der Waals surface area contributed by atoms with Gasteiger partial charge in [0.25, 0.3) is 5.91 Å². The normalized spacial score (nSPS) is 27.3. The Morgan fingerprint density at radius 1 is 1.12 bits per heavy atom. The molecule has 0 aliphatic carbocycles. The summed E-state index contributed by atoms with van der Waals surface area (Å²) in [5, 5.41) is 4.87. The molecule has 0 saturated carbocycles. The van der Waals surface area contributed by atoms with E-state index in [0.29, 0.717) is 13.2 Å². The number of anilines is 1. The highest BCUT2D eigenvalue weighted by molar-refractivity contribution is 6.06. The molecule has 8 heteroatoms. The minimum absolute atomic E-state index is 0.0973. The van der Waals surface area contributed by atoms with Crippen molar-refractivity contribution in [2.45, 2.75) is 38.4 Å². The Bertz CT molecular complexity index is 1380. The van der Waals surface area contributed by atoms with E-state index in [1.807, 2.05) is 24.3 Å². The molecule has 3 aliphatic rings. The molecule has 2 fully saturated rings. The first-order valence-corrected chi connectivity index (χ1v) is 10.7. The molecule has 1 atom stereocenters. The summed E-state index contributed by atoms with van der Waals surface area (Å²) in [7, 11) is 0. The number of piperidine rings is 1. The molecule has 8 nitrogen and oxygen atoms in total. The minimum atomic E-state index is -3.11. The van der Waals surface area contributed by atoms with Crippen LogP contribution < -0.4 is 10.6 Å². The van der Waals surface area contributed by atoms with Crippen LogP contribution in [0.2, 0.25) is 0 Å². The average molecular weight is 456 g/mol. The number of hydrogen-bond donors (Lipinski definition) is 2. The lowest BCUT2D eigenvalue weighted by atomic mass is 10.0. The Hall–Kier alpha value is -3.23. The van der Waals surface area contributed by atoms with Crippen LogP contribution >= 0.6 is 0 Å². The molecule has 33 heavy (non-hydrogen) atoms. The zero-order valence-electron chi connectivity index (χ0n) is 24.9. The van der Waals surface area contributed by atoms with E-state index < -0.39 is 55.1 Å². The fourth-order valence-corrected chi connectivity index (χ4v) is 4.12. The number of hydrogen-bond acceptors (Lipinski definition) is 6. The number of rotatable bonds is 6. The summed E-state index contributed by atoms with van der Waals surface area (Å²) in [6, 6.07) is 4.44. The van der Waals surface area contributed by atoms with Crippen LogP contribution in [0.25, 0.3) is 0 Å². The molecular weight excluding hydrogens is 420 g/mol. The van der Waals surface area contributed by atoms with Crippen LogP contribution in [0.15, 0.2) is 42.4 Å². The van der Waals surface area contributed by atoms with Gasteiger partial charge in [-0.3, -0.25) is 24.6 Å². The highest BCUT2D eigenvalue weighted by atomic mass is 16.5. The molecule has 3 heterocycles. The summed E-state index contributed by atoms with van der Waals surface area (Å²) in [5.41, 5.74) is 1.96. The van der Waals surface area contributed by atoms with E-state index in [0.717, 1.165) is 35.7 Å². The number of carbonyl (C=O) groups is 3. The van der Waals surface area contributed by atoms with Crippen molar-refractivity contribution in [3.8, 4) is 0 Å². The topological polar surface area (TPSA) is 91.0 Å². The molecule has 5 rings (SSSR count). The molecule has 2 N–H and O–H groups in total. The van der Waals surface area contributed by atoms with Crippen LogP contribution in [-0.4, -0.2) is 59.9 Å². The van der Waals surface area contributed by atoms with Gasteiger partial charge in [-0.1, -0.05) is 30.3 Å². The van der Waals surface area contributed by atoms with Crippen molar-refractivity contribution in [3.63, 3.8) is 0 Å². The fraction of sp³-hybridized carbons (Fsp3) is 0.400. The van der Waals surface area contributed by atoms with Crippen LogP contribution in [0.3, 0.4) is 0 Å². The van der Waals surface area contributed by atoms with E-state index >= 15 is 0 Å². The second kappa shape index (κ2) is 9.33. The Kier molecular flexibility index (Phi) is 4.19. The molecule has 2 saturated heterocycles. The number of imide groups is 1. The number of fused-ring (bicyclic) bond motifs is 1. The number of amides is 3. The van der Waals surface area contributed by atoms with E-state index in [4.69, 9.17) is 14.3 Å². The van der Waals surface area contributed by atoms with Crippen molar-refractivity contribution in [1.29, 1.82) is 0 Å². The predicted octanol–water partition coefficient (Wildman–Crippen LogP) is 1.89. The van der Waals surface area contributed by atoms with Gasteiger partial charge in [-0.05, 0) is 29.6 Å². The number of carbonyl (C=O) groups excluding carboxylic acids is 3. The molecule has 0 aromatic heterocycles. The van der Waals surface area contributed by atoms with Gasteiger partial charge in [0, 0.05) is 61.4 Å².